The Hall–Kier alpha value is -2.57. The molecule has 1 aliphatic heterocycles. The Bertz CT molecular complexity index is 689. The van der Waals surface area contributed by atoms with Crippen LogP contribution in [0.1, 0.15) is 23.2 Å². The second kappa shape index (κ2) is 5.43. The van der Waals surface area contributed by atoms with Crippen molar-refractivity contribution in [2.24, 2.45) is 0 Å². The summed E-state index contributed by atoms with van der Waals surface area (Å²) in [5.41, 5.74) is 1.07. The Kier molecular flexibility index (Phi) is 3.47. The minimum absolute atomic E-state index is 0.0148. The van der Waals surface area contributed by atoms with Gasteiger partial charge in [-0.25, -0.2) is 4.79 Å². The molecule has 2 heterocycles. The van der Waals surface area contributed by atoms with Crippen LogP contribution in [0, 0.1) is 0 Å². The first-order chi connectivity index (χ1) is 10.1. The fraction of sp³-hybridized carbons (Fsp3) is 0.357. The number of fused-ring (bicyclic) bond motifs is 1. The fourth-order valence-corrected chi connectivity index (χ4v) is 2.36. The summed E-state index contributed by atoms with van der Waals surface area (Å²) in [5.74, 6) is -1.01. The Labute approximate surface area is 120 Å². The molecule has 21 heavy (non-hydrogen) atoms. The van der Waals surface area contributed by atoms with E-state index >= 15 is 0 Å². The highest BCUT2D eigenvalue weighted by Gasteiger charge is 2.18. The average molecular weight is 289 g/mol. The molecule has 7 nitrogen and oxygen atoms in total. The van der Waals surface area contributed by atoms with Crippen molar-refractivity contribution in [2.45, 2.75) is 12.8 Å². The molecule has 1 aromatic carbocycles. The molecule has 0 bridgehead atoms. The zero-order valence-corrected chi connectivity index (χ0v) is 11.3. The van der Waals surface area contributed by atoms with Gasteiger partial charge >= 0.3 is 5.97 Å². The molecule has 1 aliphatic rings. The van der Waals surface area contributed by atoms with Gasteiger partial charge < -0.3 is 19.7 Å². The number of amides is 1. The van der Waals surface area contributed by atoms with Crippen molar-refractivity contribution in [3.8, 4) is 0 Å². The highest BCUT2D eigenvalue weighted by Crippen LogP contribution is 2.20. The average Bonchev–Trinajstić information content (AvgIpc) is 3.12. The summed E-state index contributed by atoms with van der Waals surface area (Å²) in [6, 6.07) is 4.68. The number of anilines is 1. The quantitative estimate of drug-likeness (QED) is 0.886. The van der Waals surface area contributed by atoms with Gasteiger partial charge in [0.2, 0.25) is 5.91 Å². The number of nitrogens with zero attached hydrogens (tertiary/aromatic N) is 2. The smallest absolute Gasteiger partial charge is 0.335 e. The minimum atomic E-state index is -1.02. The molecular weight excluding hydrogens is 274 g/mol. The van der Waals surface area contributed by atoms with Crippen LogP contribution in [0.15, 0.2) is 22.6 Å². The first-order valence-electron chi connectivity index (χ1n) is 6.79. The van der Waals surface area contributed by atoms with Crippen molar-refractivity contribution in [1.82, 2.24) is 9.88 Å². The lowest BCUT2D eigenvalue weighted by Crippen LogP contribution is -2.33. The monoisotopic (exact) mass is 289 g/mol. The van der Waals surface area contributed by atoms with Gasteiger partial charge in [-0.2, -0.15) is 4.98 Å². The second-order valence-corrected chi connectivity index (χ2v) is 4.95. The predicted octanol–water partition coefficient (Wildman–Crippen LogP) is 1.56. The number of rotatable bonds is 4. The molecule has 2 aromatic rings. The van der Waals surface area contributed by atoms with Gasteiger partial charge in [-0.1, -0.05) is 0 Å². The maximum atomic E-state index is 11.9. The van der Waals surface area contributed by atoms with Crippen LogP contribution >= 0.6 is 0 Å². The van der Waals surface area contributed by atoms with E-state index < -0.39 is 5.97 Å². The van der Waals surface area contributed by atoms with Gasteiger partial charge in [-0.15, -0.1) is 0 Å². The van der Waals surface area contributed by atoms with Gasteiger partial charge in [-0.05, 0) is 31.0 Å². The molecule has 1 saturated heterocycles. The van der Waals surface area contributed by atoms with Crippen LogP contribution < -0.4 is 5.32 Å². The molecule has 0 unspecified atom stereocenters. The van der Waals surface area contributed by atoms with E-state index in [0.29, 0.717) is 11.1 Å². The molecule has 0 atom stereocenters. The number of benzene rings is 1. The Balaban J connectivity index is 1.69. The summed E-state index contributed by atoms with van der Waals surface area (Å²) >= 11 is 0. The van der Waals surface area contributed by atoms with Crippen molar-refractivity contribution in [2.75, 3.05) is 25.0 Å². The summed E-state index contributed by atoms with van der Waals surface area (Å²) in [4.78, 5) is 28.8. The number of hydrogen-bond donors (Lipinski definition) is 2. The standard InChI is InChI=1S/C14H15N3O4/c18-12(17-5-1-2-6-17)8-15-14-16-10-4-3-9(13(19)20)7-11(10)21-14/h3-4,7H,1-2,5-6,8H2,(H,15,16)(H,19,20). The molecule has 0 radical (unpaired) electrons. The van der Waals surface area contributed by atoms with E-state index in [1.807, 2.05) is 0 Å². The lowest BCUT2D eigenvalue weighted by molar-refractivity contribution is -0.128. The summed E-state index contributed by atoms with van der Waals surface area (Å²) < 4.78 is 5.42. The van der Waals surface area contributed by atoms with Crippen LogP contribution in [0.3, 0.4) is 0 Å². The number of aromatic nitrogens is 1. The van der Waals surface area contributed by atoms with Crippen molar-refractivity contribution >= 4 is 29.0 Å². The summed E-state index contributed by atoms with van der Waals surface area (Å²) in [6.07, 6.45) is 2.10. The first kappa shape index (κ1) is 13.4. The van der Waals surface area contributed by atoms with E-state index in [4.69, 9.17) is 9.52 Å². The predicted molar refractivity (Wildman–Crippen MR) is 75.3 cm³/mol. The van der Waals surface area contributed by atoms with Crippen molar-refractivity contribution in [3.63, 3.8) is 0 Å². The first-order valence-corrected chi connectivity index (χ1v) is 6.79. The molecule has 1 aromatic heterocycles. The van der Waals surface area contributed by atoms with Crippen molar-refractivity contribution in [3.05, 3.63) is 23.8 Å². The van der Waals surface area contributed by atoms with E-state index in [1.54, 1.807) is 11.0 Å². The summed E-state index contributed by atoms with van der Waals surface area (Å²) in [7, 11) is 0. The van der Waals surface area contributed by atoms with Crippen LogP contribution in [-0.2, 0) is 4.79 Å². The maximum Gasteiger partial charge on any atom is 0.335 e. The number of aromatic carboxylic acids is 1. The second-order valence-electron chi connectivity index (χ2n) is 4.95. The van der Waals surface area contributed by atoms with Crippen molar-refractivity contribution in [1.29, 1.82) is 0 Å². The third kappa shape index (κ3) is 2.81. The molecule has 3 rings (SSSR count). The van der Waals surface area contributed by atoms with Gasteiger partial charge in [0.1, 0.15) is 5.52 Å². The maximum absolute atomic E-state index is 11.9. The minimum Gasteiger partial charge on any atom is -0.478 e. The van der Waals surface area contributed by atoms with Gasteiger partial charge in [0.15, 0.2) is 5.58 Å². The van der Waals surface area contributed by atoms with Crippen LogP contribution in [0.2, 0.25) is 0 Å². The van der Waals surface area contributed by atoms with Gasteiger partial charge in [0.05, 0.1) is 12.1 Å². The van der Waals surface area contributed by atoms with Crippen LogP contribution in [0.5, 0.6) is 0 Å². The number of nitrogens with one attached hydrogen (secondary N) is 1. The topological polar surface area (TPSA) is 95.7 Å². The van der Waals surface area contributed by atoms with E-state index in [0.717, 1.165) is 25.9 Å². The third-order valence-electron chi connectivity index (χ3n) is 3.48. The van der Waals surface area contributed by atoms with E-state index in [9.17, 15) is 9.59 Å². The SMILES string of the molecule is O=C(O)c1ccc2nc(NCC(=O)N3CCCC3)oc2c1. The molecule has 7 heteroatoms. The largest absolute Gasteiger partial charge is 0.478 e. The lowest BCUT2D eigenvalue weighted by atomic mass is 10.2. The number of carbonyl (C=O) groups excluding carboxylic acids is 1. The van der Waals surface area contributed by atoms with E-state index in [2.05, 4.69) is 10.3 Å². The number of carbonyl (C=O) groups is 2. The summed E-state index contributed by atoms with van der Waals surface area (Å²) in [6.45, 7) is 1.73. The molecule has 1 amide bonds. The molecular formula is C14H15N3O4. The molecule has 2 N–H and O–H groups in total. The third-order valence-corrected chi connectivity index (χ3v) is 3.48. The molecule has 110 valence electrons. The van der Waals surface area contributed by atoms with E-state index in [-0.39, 0.29) is 24.0 Å². The molecule has 1 fully saturated rings. The number of oxazole rings is 1. The Morgan fingerprint density at radius 2 is 2.10 bits per heavy atom. The van der Waals surface area contributed by atoms with Gasteiger partial charge in [0, 0.05) is 13.1 Å². The lowest BCUT2D eigenvalue weighted by Gasteiger charge is -2.14. The van der Waals surface area contributed by atoms with E-state index in [1.165, 1.54) is 12.1 Å². The normalized spacial score (nSPS) is 14.6. The number of hydrogen-bond acceptors (Lipinski definition) is 5. The van der Waals surface area contributed by atoms with Gasteiger partial charge in [-0.3, -0.25) is 4.79 Å². The molecule has 0 aliphatic carbocycles. The number of likely N-dealkylation sites (tertiary alicyclic amines) is 1. The van der Waals surface area contributed by atoms with Crippen molar-refractivity contribution < 1.29 is 19.1 Å². The zero-order valence-electron chi connectivity index (χ0n) is 11.3. The fourth-order valence-electron chi connectivity index (χ4n) is 2.36. The van der Waals surface area contributed by atoms with Crippen LogP contribution in [-0.4, -0.2) is 46.5 Å². The summed E-state index contributed by atoms with van der Waals surface area (Å²) in [5, 5.41) is 11.8. The van der Waals surface area contributed by atoms with Gasteiger partial charge in [0.25, 0.3) is 6.01 Å². The highest BCUT2D eigenvalue weighted by molar-refractivity contribution is 5.92. The number of carboxylic acids is 1. The molecule has 0 saturated carbocycles. The Morgan fingerprint density at radius 1 is 1.33 bits per heavy atom. The zero-order chi connectivity index (χ0) is 14.8. The molecule has 0 spiro atoms. The van der Waals surface area contributed by atoms with Crippen LogP contribution in [0.25, 0.3) is 11.1 Å². The Morgan fingerprint density at radius 3 is 2.81 bits per heavy atom. The number of carboxylic acid groups (broad SMARTS) is 1. The van der Waals surface area contributed by atoms with Crippen LogP contribution in [0.4, 0.5) is 6.01 Å². The highest BCUT2D eigenvalue weighted by atomic mass is 16.4.